The zero-order valence-corrected chi connectivity index (χ0v) is 15.1. The lowest BCUT2D eigenvalue weighted by atomic mass is 10.1. The molecule has 1 saturated heterocycles. The van der Waals surface area contributed by atoms with Crippen molar-refractivity contribution >= 4 is 45.7 Å². The Morgan fingerprint density at radius 2 is 2.28 bits per heavy atom. The number of amides is 2. The number of thioether (sulfide) groups is 1. The predicted molar refractivity (Wildman–Crippen MR) is 96.5 cm³/mol. The molecule has 1 atom stereocenters. The van der Waals surface area contributed by atoms with E-state index >= 15 is 0 Å². The number of para-hydroxylation sites is 1. The quantitative estimate of drug-likeness (QED) is 0.638. The molecule has 0 spiro atoms. The lowest BCUT2D eigenvalue weighted by molar-refractivity contribution is -0.122. The van der Waals surface area contributed by atoms with Gasteiger partial charge in [0.15, 0.2) is 4.34 Å². The van der Waals surface area contributed by atoms with Crippen molar-refractivity contribution in [3.8, 4) is 6.07 Å². The van der Waals surface area contributed by atoms with E-state index in [1.807, 2.05) is 37.3 Å². The standard InChI is InChI=1S/C16H15N5O2S2/c1-10-4-2-3-5-12(10)21-9-11(8-13(21)22)14(23)18-15-19-20-16(25-15)24-7-6-17/h2-5,11H,7-9H2,1H3,(H,18,19,23)/t11-/m0/s1. The Kier molecular flexibility index (Phi) is 5.31. The van der Waals surface area contributed by atoms with Crippen molar-refractivity contribution in [2.75, 3.05) is 22.5 Å². The normalized spacial score (nSPS) is 16.7. The van der Waals surface area contributed by atoms with Crippen LogP contribution in [0.15, 0.2) is 28.6 Å². The molecule has 1 aliphatic heterocycles. The fourth-order valence-electron chi connectivity index (χ4n) is 2.60. The van der Waals surface area contributed by atoms with E-state index in [1.54, 1.807) is 4.90 Å². The van der Waals surface area contributed by atoms with Crippen LogP contribution in [0.5, 0.6) is 0 Å². The minimum atomic E-state index is -0.425. The Balaban J connectivity index is 1.64. The van der Waals surface area contributed by atoms with Crippen LogP contribution in [0.25, 0.3) is 0 Å². The van der Waals surface area contributed by atoms with Gasteiger partial charge in [0.25, 0.3) is 0 Å². The summed E-state index contributed by atoms with van der Waals surface area (Å²) in [4.78, 5) is 26.4. The number of rotatable bonds is 5. The van der Waals surface area contributed by atoms with Crippen LogP contribution < -0.4 is 10.2 Å². The number of carbonyl (C=O) groups excluding carboxylic acids is 2. The summed E-state index contributed by atoms with van der Waals surface area (Å²) < 4.78 is 0.626. The molecule has 0 saturated carbocycles. The number of nitrogens with zero attached hydrogens (tertiary/aromatic N) is 4. The third-order valence-corrected chi connectivity index (χ3v) is 5.64. The number of aryl methyl sites for hydroxylation is 1. The molecule has 1 aliphatic rings. The van der Waals surface area contributed by atoms with Crippen molar-refractivity contribution in [2.24, 2.45) is 5.92 Å². The molecule has 9 heteroatoms. The highest BCUT2D eigenvalue weighted by Crippen LogP contribution is 2.29. The molecule has 1 aromatic heterocycles. The van der Waals surface area contributed by atoms with Crippen molar-refractivity contribution in [3.63, 3.8) is 0 Å². The number of hydrogen-bond acceptors (Lipinski definition) is 7. The Morgan fingerprint density at radius 3 is 3.04 bits per heavy atom. The summed E-state index contributed by atoms with van der Waals surface area (Å²) in [5.74, 6) is -0.439. The van der Waals surface area contributed by atoms with Crippen molar-refractivity contribution in [2.45, 2.75) is 17.7 Å². The molecule has 1 N–H and O–H groups in total. The second-order valence-electron chi connectivity index (χ2n) is 5.50. The highest BCUT2D eigenvalue weighted by Gasteiger charge is 2.35. The van der Waals surface area contributed by atoms with Gasteiger partial charge >= 0.3 is 0 Å². The molecular weight excluding hydrogens is 358 g/mol. The first-order valence-electron chi connectivity index (χ1n) is 7.58. The molecule has 1 aromatic carbocycles. The molecule has 3 rings (SSSR count). The van der Waals surface area contributed by atoms with Crippen LogP contribution in [0.4, 0.5) is 10.8 Å². The van der Waals surface area contributed by atoms with E-state index in [-0.39, 0.29) is 24.0 Å². The van der Waals surface area contributed by atoms with Gasteiger partial charge in [-0.1, -0.05) is 41.3 Å². The Morgan fingerprint density at radius 1 is 1.48 bits per heavy atom. The minimum absolute atomic E-state index is 0.0584. The lowest BCUT2D eigenvalue weighted by Gasteiger charge is -2.18. The maximum Gasteiger partial charge on any atom is 0.231 e. The summed E-state index contributed by atoms with van der Waals surface area (Å²) >= 11 is 2.49. The summed E-state index contributed by atoms with van der Waals surface area (Å²) in [5, 5.41) is 19.5. The van der Waals surface area contributed by atoms with E-state index in [9.17, 15) is 9.59 Å². The zero-order chi connectivity index (χ0) is 17.8. The van der Waals surface area contributed by atoms with Gasteiger partial charge in [0.1, 0.15) is 0 Å². The fourth-order valence-corrected chi connectivity index (χ4v) is 4.02. The SMILES string of the molecule is Cc1ccccc1N1C[C@@H](C(=O)Nc2nnc(SCC#N)s2)CC1=O. The first kappa shape index (κ1) is 17.4. The molecule has 0 bridgehead atoms. The highest BCUT2D eigenvalue weighted by atomic mass is 32.2. The maximum absolute atomic E-state index is 12.4. The third kappa shape index (κ3) is 3.97. The smallest absolute Gasteiger partial charge is 0.231 e. The summed E-state index contributed by atoms with van der Waals surface area (Å²) in [7, 11) is 0. The highest BCUT2D eigenvalue weighted by molar-refractivity contribution is 8.01. The van der Waals surface area contributed by atoms with Crippen molar-refractivity contribution in [1.29, 1.82) is 5.26 Å². The van der Waals surface area contributed by atoms with Crippen LogP contribution in [0.2, 0.25) is 0 Å². The molecule has 0 unspecified atom stereocenters. The van der Waals surface area contributed by atoms with Crippen LogP contribution in [-0.2, 0) is 9.59 Å². The topological polar surface area (TPSA) is 99.0 Å². The second-order valence-corrected chi connectivity index (χ2v) is 7.70. The van der Waals surface area contributed by atoms with Gasteiger partial charge in [0, 0.05) is 18.7 Å². The summed E-state index contributed by atoms with van der Waals surface area (Å²) in [6.07, 6.45) is 0.176. The third-order valence-electron chi connectivity index (χ3n) is 3.80. The lowest BCUT2D eigenvalue weighted by Crippen LogP contribution is -2.28. The molecule has 2 amide bonds. The molecule has 2 heterocycles. The molecule has 2 aromatic rings. The van der Waals surface area contributed by atoms with Crippen LogP contribution >= 0.6 is 23.1 Å². The van der Waals surface area contributed by atoms with E-state index in [0.717, 1.165) is 11.3 Å². The van der Waals surface area contributed by atoms with Crippen LogP contribution in [0, 0.1) is 24.2 Å². The first-order chi connectivity index (χ1) is 12.1. The van der Waals surface area contributed by atoms with E-state index in [2.05, 4.69) is 15.5 Å². The Bertz CT molecular complexity index is 845. The largest absolute Gasteiger partial charge is 0.311 e. The summed E-state index contributed by atoms with van der Waals surface area (Å²) in [6.45, 7) is 2.29. The molecule has 7 nitrogen and oxygen atoms in total. The van der Waals surface area contributed by atoms with Gasteiger partial charge in [-0.2, -0.15) is 5.26 Å². The van der Waals surface area contributed by atoms with Gasteiger partial charge in [-0.3, -0.25) is 9.59 Å². The monoisotopic (exact) mass is 373 g/mol. The van der Waals surface area contributed by atoms with Crippen LogP contribution in [-0.4, -0.2) is 34.3 Å². The average molecular weight is 373 g/mol. The number of hydrogen-bond donors (Lipinski definition) is 1. The van der Waals surface area contributed by atoms with E-state index in [1.165, 1.54) is 23.1 Å². The second kappa shape index (κ2) is 7.63. The van der Waals surface area contributed by atoms with Crippen molar-refractivity contribution < 1.29 is 9.59 Å². The molecule has 128 valence electrons. The average Bonchev–Trinajstić information content (AvgIpc) is 3.20. The van der Waals surface area contributed by atoms with Gasteiger partial charge in [-0.25, -0.2) is 0 Å². The zero-order valence-electron chi connectivity index (χ0n) is 13.4. The number of anilines is 2. The van der Waals surface area contributed by atoms with E-state index < -0.39 is 5.92 Å². The number of nitrogens with one attached hydrogen (secondary N) is 1. The number of carbonyl (C=O) groups is 2. The Hall–Kier alpha value is -2.44. The van der Waals surface area contributed by atoms with Crippen molar-refractivity contribution in [3.05, 3.63) is 29.8 Å². The van der Waals surface area contributed by atoms with E-state index in [4.69, 9.17) is 5.26 Å². The summed E-state index contributed by atoms with van der Waals surface area (Å²) in [6, 6.07) is 9.64. The minimum Gasteiger partial charge on any atom is -0.311 e. The van der Waals surface area contributed by atoms with Crippen LogP contribution in [0.1, 0.15) is 12.0 Å². The van der Waals surface area contributed by atoms with Crippen LogP contribution in [0.3, 0.4) is 0 Å². The van der Waals surface area contributed by atoms with Gasteiger partial charge in [-0.05, 0) is 18.6 Å². The molecule has 0 aliphatic carbocycles. The van der Waals surface area contributed by atoms with Gasteiger partial charge in [0.05, 0.1) is 17.7 Å². The van der Waals surface area contributed by atoms with E-state index in [0.29, 0.717) is 16.0 Å². The van der Waals surface area contributed by atoms with Crippen molar-refractivity contribution in [1.82, 2.24) is 10.2 Å². The number of nitriles is 1. The molecular formula is C16H15N5O2S2. The first-order valence-corrected chi connectivity index (χ1v) is 9.39. The molecule has 25 heavy (non-hydrogen) atoms. The number of benzene rings is 1. The number of aromatic nitrogens is 2. The fraction of sp³-hybridized carbons (Fsp3) is 0.312. The maximum atomic E-state index is 12.4. The Labute approximate surface area is 153 Å². The van der Waals surface area contributed by atoms with Gasteiger partial charge in [-0.15, -0.1) is 10.2 Å². The predicted octanol–water partition coefficient (Wildman–Crippen LogP) is 2.45. The molecule has 1 fully saturated rings. The summed E-state index contributed by atoms with van der Waals surface area (Å²) in [5.41, 5.74) is 1.84. The molecule has 0 radical (unpaired) electrons. The van der Waals surface area contributed by atoms with Gasteiger partial charge < -0.3 is 10.2 Å². The van der Waals surface area contributed by atoms with Gasteiger partial charge in [0.2, 0.25) is 16.9 Å².